The molecule has 0 spiro atoms. The first-order valence-electron chi connectivity index (χ1n) is 7.68. The van der Waals surface area contributed by atoms with Crippen molar-refractivity contribution in [2.24, 2.45) is 11.8 Å². The number of furan rings is 1. The third-order valence-electron chi connectivity index (χ3n) is 4.25. The van der Waals surface area contributed by atoms with Crippen molar-refractivity contribution in [1.82, 2.24) is 9.47 Å². The summed E-state index contributed by atoms with van der Waals surface area (Å²) in [6, 6.07) is 3.74. The molecule has 3 rings (SSSR count). The van der Waals surface area contributed by atoms with Crippen molar-refractivity contribution in [3.8, 4) is 0 Å². The first kappa shape index (κ1) is 15.4. The van der Waals surface area contributed by atoms with Crippen LogP contribution in [0.4, 0.5) is 0 Å². The van der Waals surface area contributed by atoms with E-state index in [0.717, 1.165) is 24.2 Å². The lowest BCUT2D eigenvalue weighted by atomic mass is 9.92. The molecule has 1 aliphatic heterocycles. The van der Waals surface area contributed by atoms with Crippen LogP contribution in [0.3, 0.4) is 0 Å². The van der Waals surface area contributed by atoms with Crippen LogP contribution in [0, 0.1) is 11.8 Å². The molecule has 0 saturated carbocycles. The first-order chi connectivity index (χ1) is 10.5. The second kappa shape index (κ2) is 5.95. The number of piperidine rings is 1. The number of carbonyl (C=O) groups is 1. The number of hydrogen-bond acceptors (Lipinski definition) is 2. The molecule has 0 aliphatic carbocycles. The summed E-state index contributed by atoms with van der Waals surface area (Å²) < 4.78 is 8.26. The van der Waals surface area contributed by atoms with Crippen molar-refractivity contribution in [3.05, 3.63) is 35.2 Å². The largest absolute Gasteiger partial charge is 0.448 e. The molecule has 2 unspecified atom stereocenters. The molecule has 3 heterocycles. The lowest BCUT2D eigenvalue weighted by Crippen LogP contribution is -2.43. The summed E-state index contributed by atoms with van der Waals surface area (Å²) in [4.78, 5) is 14.9. The lowest BCUT2D eigenvalue weighted by molar-refractivity contribution is 0.0613. The van der Waals surface area contributed by atoms with E-state index in [-0.39, 0.29) is 5.91 Å². The van der Waals surface area contributed by atoms with Gasteiger partial charge in [-0.2, -0.15) is 0 Å². The molecule has 5 heteroatoms. The highest BCUT2D eigenvalue weighted by atomic mass is 79.9. The summed E-state index contributed by atoms with van der Waals surface area (Å²) in [7, 11) is 0. The van der Waals surface area contributed by atoms with E-state index in [1.165, 1.54) is 6.42 Å². The van der Waals surface area contributed by atoms with E-state index in [4.69, 9.17) is 4.42 Å². The Balaban J connectivity index is 1.97. The fourth-order valence-electron chi connectivity index (χ4n) is 3.51. The quantitative estimate of drug-likeness (QED) is 0.761. The number of hydrogen-bond donors (Lipinski definition) is 0. The summed E-state index contributed by atoms with van der Waals surface area (Å²) in [5.74, 6) is 1.18. The van der Waals surface area contributed by atoms with Gasteiger partial charge in [-0.3, -0.25) is 4.79 Å². The van der Waals surface area contributed by atoms with Gasteiger partial charge in [0.15, 0.2) is 10.3 Å². The van der Waals surface area contributed by atoms with Gasteiger partial charge in [-0.05, 0) is 34.2 Å². The second-order valence-corrected chi connectivity index (χ2v) is 7.17. The van der Waals surface area contributed by atoms with Gasteiger partial charge in [0, 0.05) is 31.8 Å². The normalized spacial score (nSPS) is 22.2. The first-order valence-corrected chi connectivity index (χ1v) is 8.47. The van der Waals surface area contributed by atoms with Gasteiger partial charge in [0.05, 0.1) is 5.52 Å². The number of aromatic nitrogens is 1. The van der Waals surface area contributed by atoms with Gasteiger partial charge in [-0.25, -0.2) is 0 Å². The van der Waals surface area contributed by atoms with Crippen molar-refractivity contribution < 1.29 is 9.21 Å². The zero-order chi connectivity index (χ0) is 15.9. The molecule has 0 radical (unpaired) electrons. The van der Waals surface area contributed by atoms with Gasteiger partial charge in [0.1, 0.15) is 5.69 Å². The highest BCUT2D eigenvalue weighted by Gasteiger charge is 2.28. The molecule has 1 fully saturated rings. The number of carbonyl (C=O) groups excluding carboxylic acids is 1. The van der Waals surface area contributed by atoms with Crippen LogP contribution in [0.2, 0.25) is 0 Å². The Bertz CT molecular complexity index is 706. The number of rotatable bonds is 3. The summed E-state index contributed by atoms with van der Waals surface area (Å²) in [5.41, 5.74) is 2.34. The van der Waals surface area contributed by atoms with Crippen LogP contribution in [-0.2, 0) is 6.54 Å². The number of likely N-dealkylation sites (tertiary alicyclic amines) is 1. The van der Waals surface area contributed by atoms with Crippen molar-refractivity contribution in [3.63, 3.8) is 0 Å². The van der Waals surface area contributed by atoms with Crippen LogP contribution in [0.5, 0.6) is 0 Å². The molecule has 2 aromatic heterocycles. The zero-order valence-corrected chi connectivity index (χ0v) is 14.6. The third kappa shape index (κ3) is 2.74. The molecule has 1 aliphatic rings. The minimum Gasteiger partial charge on any atom is -0.448 e. The van der Waals surface area contributed by atoms with Crippen molar-refractivity contribution in [2.45, 2.75) is 26.8 Å². The predicted molar refractivity (Wildman–Crippen MR) is 90.9 cm³/mol. The topological polar surface area (TPSA) is 38.4 Å². The zero-order valence-electron chi connectivity index (χ0n) is 13.0. The molecule has 0 N–H and O–H groups in total. The van der Waals surface area contributed by atoms with E-state index in [9.17, 15) is 4.79 Å². The van der Waals surface area contributed by atoms with Crippen molar-refractivity contribution >= 4 is 32.9 Å². The third-order valence-corrected chi connectivity index (χ3v) is 4.64. The smallest absolute Gasteiger partial charge is 0.270 e. The van der Waals surface area contributed by atoms with Crippen LogP contribution in [0.1, 0.15) is 30.8 Å². The summed E-state index contributed by atoms with van der Waals surface area (Å²) in [5, 5.41) is 0. The summed E-state index contributed by atoms with van der Waals surface area (Å²) in [6.07, 6.45) is 2.99. The van der Waals surface area contributed by atoms with Gasteiger partial charge >= 0.3 is 0 Å². The number of nitrogens with zero attached hydrogens (tertiary/aromatic N) is 2. The van der Waals surface area contributed by atoms with Crippen LogP contribution in [-0.4, -0.2) is 28.5 Å². The van der Waals surface area contributed by atoms with E-state index in [1.807, 2.05) is 21.6 Å². The average molecular weight is 365 g/mol. The van der Waals surface area contributed by atoms with Crippen molar-refractivity contribution in [2.75, 3.05) is 13.1 Å². The molecule has 22 heavy (non-hydrogen) atoms. The molecule has 2 aromatic rings. The standard InChI is InChI=1S/C17H21BrN2O2/c1-4-5-20-13-8-16(18)22-15(13)7-14(20)17(21)19-9-11(2)6-12(3)10-19/h4,7-8,11-12H,1,5-6,9-10H2,2-3H3. The molecule has 1 saturated heterocycles. The van der Waals surface area contributed by atoms with E-state index in [1.54, 1.807) is 6.08 Å². The lowest BCUT2D eigenvalue weighted by Gasteiger charge is -2.35. The number of halogens is 1. The summed E-state index contributed by atoms with van der Waals surface area (Å²) >= 11 is 3.34. The Kier molecular flexibility index (Phi) is 4.17. The second-order valence-electron chi connectivity index (χ2n) is 6.39. The number of amides is 1. The molecule has 2 atom stereocenters. The molecule has 0 aromatic carbocycles. The minimum absolute atomic E-state index is 0.0859. The monoisotopic (exact) mass is 364 g/mol. The van der Waals surface area contributed by atoms with E-state index in [0.29, 0.717) is 28.7 Å². The van der Waals surface area contributed by atoms with Crippen LogP contribution < -0.4 is 0 Å². The van der Waals surface area contributed by atoms with Crippen LogP contribution in [0.25, 0.3) is 11.1 Å². The molecular formula is C17H21BrN2O2. The molecule has 0 bridgehead atoms. The highest BCUT2D eigenvalue weighted by Crippen LogP contribution is 2.29. The summed E-state index contributed by atoms with van der Waals surface area (Å²) in [6.45, 7) is 10.5. The van der Waals surface area contributed by atoms with E-state index in [2.05, 4.69) is 36.4 Å². The van der Waals surface area contributed by atoms with E-state index < -0.39 is 0 Å². The predicted octanol–water partition coefficient (Wildman–Crippen LogP) is 4.30. The van der Waals surface area contributed by atoms with E-state index >= 15 is 0 Å². The number of fused-ring (bicyclic) bond motifs is 1. The molecule has 4 nitrogen and oxygen atoms in total. The Morgan fingerprint density at radius 1 is 1.41 bits per heavy atom. The Hall–Kier alpha value is -1.49. The minimum atomic E-state index is 0.0859. The van der Waals surface area contributed by atoms with Crippen LogP contribution >= 0.6 is 15.9 Å². The Morgan fingerprint density at radius 2 is 2.09 bits per heavy atom. The Labute approximate surface area is 138 Å². The highest BCUT2D eigenvalue weighted by molar-refractivity contribution is 9.10. The number of allylic oxidation sites excluding steroid dienone is 1. The van der Waals surface area contributed by atoms with Crippen molar-refractivity contribution in [1.29, 1.82) is 0 Å². The van der Waals surface area contributed by atoms with Gasteiger partial charge in [-0.1, -0.05) is 19.9 Å². The average Bonchev–Trinajstić information content (AvgIpc) is 2.95. The van der Waals surface area contributed by atoms with Crippen LogP contribution in [0.15, 0.2) is 33.9 Å². The molecular weight excluding hydrogens is 344 g/mol. The molecule has 1 amide bonds. The maximum Gasteiger partial charge on any atom is 0.270 e. The SMILES string of the molecule is C=CCn1c(C(=O)N2CC(C)CC(C)C2)cc2oc(Br)cc21. The van der Waals surface area contributed by atoms with Gasteiger partial charge < -0.3 is 13.9 Å². The van der Waals surface area contributed by atoms with Gasteiger partial charge in [-0.15, -0.1) is 6.58 Å². The molecule has 118 valence electrons. The Morgan fingerprint density at radius 3 is 2.73 bits per heavy atom. The van der Waals surface area contributed by atoms with Gasteiger partial charge in [0.25, 0.3) is 5.91 Å². The fourth-order valence-corrected chi connectivity index (χ4v) is 3.90. The van der Waals surface area contributed by atoms with Gasteiger partial charge in [0.2, 0.25) is 0 Å². The maximum atomic E-state index is 13.0. The maximum absolute atomic E-state index is 13.0. The fraction of sp³-hybridized carbons (Fsp3) is 0.471.